The Labute approximate surface area is 194 Å². The molecule has 1 amide bonds. The fourth-order valence-corrected chi connectivity index (χ4v) is 4.24. The van der Waals surface area contributed by atoms with Gasteiger partial charge in [0.05, 0.1) is 5.52 Å². The summed E-state index contributed by atoms with van der Waals surface area (Å²) in [5, 5.41) is 3.74. The third kappa shape index (κ3) is 6.21. The minimum atomic E-state index is -0.174. The molecular formula is C26H32N4O3. The normalized spacial score (nSPS) is 14.9. The molecule has 3 aromatic rings. The number of ether oxygens (including phenoxy) is 1. The van der Waals surface area contributed by atoms with Gasteiger partial charge >= 0.3 is 0 Å². The van der Waals surface area contributed by atoms with E-state index in [1.807, 2.05) is 24.3 Å². The molecule has 2 heterocycles. The smallest absolute Gasteiger partial charge is 0.257 e. The predicted molar refractivity (Wildman–Crippen MR) is 130 cm³/mol. The number of nitrogens with zero attached hydrogens (tertiary/aromatic N) is 3. The first-order valence-corrected chi connectivity index (χ1v) is 11.6. The summed E-state index contributed by atoms with van der Waals surface area (Å²) in [5.41, 5.74) is 1.98. The Morgan fingerprint density at radius 2 is 1.67 bits per heavy atom. The molecule has 1 aromatic heterocycles. The lowest BCUT2D eigenvalue weighted by molar-refractivity contribution is -0.123. The second-order valence-electron chi connectivity index (χ2n) is 8.52. The van der Waals surface area contributed by atoms with Gasteiger partial charge in [0.1, 0.15) is 5.75 Å². The first kappa shape index (κ1) is 23.0. The van der Waals surface area contributed by atoms with Crippen molar-refractivity contribution >= 4 is 16.8 Å². The van der Waals surface area contributed by atoms with Crippen LogP contribution in [0, 0.1) is 0 Å². The molecule has 0 radical (unpaired) electrons. The van der Waals surface area contributed by atoms with Gasteiger partial charge < -0.3 is 19.5 Å². The molecule has 1 saturated heterocycles. The van der Waals surface area contributed by atoms with Crippen LogP contribution in [-0.4, -0.2) is 66.1 Å². The van der Waals surface area contributed by atoms with E-state index in [2.05, 4.69) is 45.4 Å². The number of carbonyl (C=O) groups is 1. The summed E-state index contributed by atoms with van der Waals surface area (Å²) >= 11 is 0. The number of hydrogen-bond acceptors (Lipinski definition) is 5. The number of nitrogens with one attached hydrogen (secondary N) is 1. The highest BCUT2D eigenvalue weighted by Crippen LogP contribution is 2.22. The Hall–Kier alpha value is -3.16. The summed E-state index contributed by atoms with van der Waals surface area (Å²) in [6.07, 6.45) is 0.902. The van der Waals surface area contributed by atoms with Crippen molar-refractivity contribution in [2.45, 2.75) is 13.0 Å². The van der Waals surface area contributed by atoms with Gasteiger partial charge in [-0.05, 0) is 30.7 Å². The van der Waals surface area contributed by atoms with Gasteiger partial charge in [0.15, 0.2) is 6.61 Å². The molecule has 0 bridgehead atoms. The first-order chi connectivity index (χ1) is 16.1. The minimum Gasteiger partial charge on any atom is -0.483 e. The van der Waals surface area contributed by atoms with Gasteiger partial charge in [-0.25, -0.2) is 0 Å². The molecule has 174 valence electrons. The first-order valence-electron chi connectivity index (χ1n) is 11.6. The minimum absolute atomic E-state index is 0.102. The average molecular weight is 449 g/mol. The molecule has 0 spiro atoms. The average Bonchev–Trinajstić information content (AvgIpc) is 2.85. The molecule has 2 aromatic carbocycles. The third-order valence-corrected chi connectivity index (χ3v) is 6.16. The Balaban J connectivity index is 1.14. The number of para-hydroxylation sites is 1. The quantitative estimate of drug-likeness (QED) is 0.509. The van der Waals surface area contributed by atoms with Gasteiger partial charge in [-0.1, -0.05) is 42.5 Å². The van der Waals surface area contributed by atoms with E-state index in [0.717, 1.165) is 56.6 Å². The molecule has 0 atom stereocenters. The van der Waals surface area contributed by atoms with E-state index in [4.69, 9.17) is 4.74 Å². The van der Waals surface area contributed by atoms with E-state index in [0.29, 0.717) is 12.3 Å². The molecule has 1 N–H and O–H groups in total. The van der Waals surface area contributed by atoms with E-state index in [9.17, 15) is 9.59 Å². The number of aryl methyl sites for hydroxylation is 1. The van der Waals surface area contributed by atoms with Crippen LogP contribution in [-0.2, 0) is 18.4 Å². The van der Waals surface area contributed by atoms with E-state index >= 15 is 0 Å². The monoisotopic (exact) mass is 448 g/mol. The van der Waals surface area contributed by atoms with Crippen LogP contribution in [0.3, 0.4) is 0 Å². The molecule has 1 aliphatic heterocycles. The van der Waals surface area contributed by atoms with Crippen molar-refractivity contribution in [2.24, 2.45) is 7.05 Å². The third-order valence-electron chi connectivity index (χ3n) is 6.16. The summed E-state index contributed by atoms with van der Waals surface area (Å²) in [7, 11) is 1.73. The second kappa shape index (κ2) is 11.1. The Morgan fingerprint density at radius 1 is 0.970 bits per heavy atom. The topological polar surface area (TPSA) is 66.8 Å². The lowest BCUT2D eigenvalue weighted by Gasteiger charge is -2.34. The number of fused-ring (bicyclic) bond motifs is 1. The maximum atomic E-state index is 12.2. The summed E-state index contributed by atoms with van der Waals surface area (Å²) in [5.74, 6) is 0.268. The number of carbonyl (C=O) groups excluding carboxylic acids is 1. The molecule has 4 rings (SSSR count). The van der Waals surface area contributed by atoms with Crippen molar-refractivity contribution < 1.29 is 9.53 Å². The number of piperazine rings is 1. The van der Waals surface area contributed by atoms with E-state index in [1.54, 1.807) is 11.6 Å². The van der Waals surface area contributed by atoms with E-state index < -0.39 is 0 Å². The van der Waals surface area contributed by atoms with Gasteiger partial charge in [0, 0.05) is 57.8 Å². The highest BCUT2D eigenvalue weighted by Gasteiger charge is 2.16. The molecule has 0 unspecified atom stereocenters. The van der Waals surface area contributed by atoms with E-state index in [-0.39, 0.29) is 18.1 Å². The zero-order valence-corrected chi connectivity index (χ0v) is 19.2. The Morgan fingerprint density at radius 3 is 2.45 bits per heavy atom. The van der Waals surface area contributed by atoms with Crippen LogP contribution in [0.4, 0.5) is 0 Å². The second-order valence-corrected chi connectivity index (χ2v) is 8.52. The van der Waals surface area contributed by atoms with Gasteiger partial charge in [-0.15, -0.1) is 0 Å². The van der Waals surface area contributed by atoms with Crippen molar-refractivity contribution in [3.8, 4) is 5.75 Å². The number of rotatable bonds is 9. The van der Waals surface area contributed by atoms with Crippen LogP contribution in [0.25, 0.3) is 10.9 Å². The molecule has 7 nitrogen and oxygen atoms in total. The molecular weight excluding hydrogens is 416 g/mol. The highest BCUT2D eigenvalue weighted by molar-refractivity contribution is 5.86. The number of hydrogen-bond donors (Lipinski definition) is 1. The predicted octanol–water partition coefficient (Wildman–Crippen LogP) is 2.24. The maximum absolute atomic E-state index is 12.2. The molecule has 33 heavy (non-hydrogen) atoms. The number of aromatic nitrogens is 1. The van der Waals surface area contributed by atoms with Crippen molar-refractivity contribution in [1.29, 1.82) is 0 Å². The molecule has 0 saturated carbocycles. The fraction of sp³-hybridized carbons (Fsp3) is 0.385. The lowest BCUT2D eigenvalue weighted by atomic mass is 10.2. The summed E-state index contributed by atoms with van der Waals surface area (Å²) < 4.78 is 7.26. The largest absolute Gasteiger partial charge is 0.483 e. The number of pyridine rings is 1. The highest BCUT2D eigenvalue weighted by atomic mass is 16.5. The standard InChI is InChI=1S/C26H32N4O3/c1-28-23-11-6-5-10-22(23)24(18-26(28)32)33-20-25(31)27-12-7-13-29-14-16-30(17-15-29)19-21-8-3-2-4-9-21/h2-6,8-11,18H,7,12-17,19-20H2,1H3,(H,27,31). The van der Waals surface area contributed by atoms with Gasteiger partial charge in [0.2, 0.25) is 0 Å². The van der Waals surface area contributed by atoms with Crippen molar-refractivity contribution in [2.75, 3.05) is 45.9 Å². The zero-order chi connectivity index (χ0) is 23.0. The van der Waals surface area contributed by atoms with Crippen LogP contribution in [0.2, 0.25) is 0 Å². The van der Waals surface area contributed by atoms with Crippen LogP contribution in [0.5, 0.6) is 5.75 Å². The summed E-state index contributed by atoms with van der Waals surface area (Å²) in [4.78, 5) is 29.3. The fourth-order valence-electron chi connectivity index (χ4n) is 4.24. The Kier molecular flexibility index (Phi) is 7.75. The number of amides is 1. The maximum Gasteiger partial charge on any atom is 0.257 e. The van der Waals surface area contributed by atoms with Crippen LogP contribution < -0.4 is 15.6 Å². The number of benzene rings is 2. The molecule has 0 aliphatic carbocycles. The van der Waals surface area contributed by atoms with Crippen LogP contribution in [0.1, 0.15) is 12.0 Å². The van der Waals surface area contributed by atoms with Crippen molar-refractivity contribution in [3.05, 3.63) is 76.6 Å². The van der Waals surface area contributed by atoms with Gasteiger partial charge in [-0.3, -0.25) is 14.5 Å². The van der Waals surface area contributed by atoms with Crippen LogP contribution in [0.15, 0.2) is 65.5 Å². The molecule has 1 fully saturated rings. The van der Waals surface area contributed by atoms with Crippen LogP contribution >= 0.6 is 0 Å². The zero-order valence-electron chi connectivity index (χ0n) is 19.2. The lowest BCUT2D eigenvalue weighted by Crippen LogP contribution is -2.46. The van der Waals surface area contributed by atoms with Gasteiger partial charge in [-0.2, -0.15) is 0 Å². The SMILES string of the molecule is Cn1c(=O)cc(OCC(=O)NCCCN2CCN(Cc3ccccc3)CC2)c2ccccc21. The van der Waals surface area contributed by atoms with Gasteiger partial charge in [0.25, 0.3) is 11.5 Å². The summed E-state index contributed by atoms with van der Waals surface area (Å²) in [6, 6.07) is 19.6. The summed E-state index contributed by atoms with van der Waals surface area (Å²) in [6.45, 7) is 6.74. The molecule has 7 heteroatoms. The van der Waals surface area contributed by atoms with E-state index in [1.165, 1.54) is 11.6 Å². The molecule has 1 aliphatic rings. The van der Waals surface area contributed by atoms with Crippen molar-refractivity contribution in [1.82, 2.24) is 19.7 Å². The van der Waals surface area contributed by atoms with Crippen molar-refractivity contribution in [3.63, 3.8) is 0 Å². The Bertz CT molecular complexity index is 1120.